The molecule has 7 heteroatoms. The van der Waals surface area contributed by atoms with E-state index >= 15 is 0 Å². The van der Waals surface area contributed by atoms with Gasteiger partial charge in [0.15, 0.2) is 5.96 Å². The molecule has 0 radical (unpaired) electrons. The van der Waals surface area contributed by atoms with Crippen molar-refractivity contribution < 1.29 is 0 Å². The number of halogens is 1. The molecular formula is C17H32IN5S. The number of nitrogens with one attached hydrogen (secondary N) is 2. The molecule has 0 unspecified atom stereocenters. The normalized spacial score (nSPS) is 16.3. The molecule has 0 bridgehead atoms. The largest absolute Gasteiger partial charge is 0.357 e. The summed E-state index contributed by atoms with van der Waals surface area (Å²) in [5, 5.41) is 7.87. The van der Waals surface area contributed by atoms with Gasteiger partial charge in [-0.3, -0.25) is 0 Å². The number of rotatable bonds is 7. The van der Waals surface area contributed by atoms with Gasteiger partial charge >= 0.3 is 0 Å². The van der Waals surface area contributed by atoms with Gasteiger partial charge in [0.1, 0.15) is 0 Å². The van der Waals surface area contributed by atoms with Gasteiger partial charge in [-0.05, 0) is 52.7 Å². The number of likely N-dealkylation sites (tertiary alicyclic amines) is 1. The molecule has 1 aromatic heterocycles. The Kier molecular flexibility index (Phi) is 11.6. The average Bonchev–Trinajstić information content (AvgIpc) is 2.80. The zero-order valence-electron chi connectivity index (χ0n) is 15.0. The first-order valence-electron chi connectivity index (χ1n) is 8.94. The Hall–Kier alpha value is -0.410. The molecule has 1 aliphatic heterocycles. The molecule has 1 aromatic rings. The number of hydrogen-bond donors (Lipinski definition) is 2. The third-order valence-electron chi connectivity index (χ3n) is 4.05. The summed E-state index contributed by atoms with van der Waals surface area (Å²) in [6, 6.07) is 0. The van der Waals surface area contributed by atoms with Crippen molar-refractivity contribution in [3.05, 3.63) is 16.1 Å². The minimum Gasteiger partial charge on any atom is -0.357 e. The number of hydrogen-bond acceptors (Lipinski definition) is 4. The molecule has 24 heavy (non-hydrogen) atoms. The summed E-state index contributed by atoms with van der Waals surface area (Å²) < 4.78 is 0. The molecule has 138 valence electrons. The van der Waals surface area contributed by atoms with Crippen LogP contribution in [0.2, 0.25) is 0 Å². The fourth-order valence-corrected chi connectivity index (χ4v) is 3.57. The summed E-state index contributed by atoms with van der Waals surface area (Å²) in [7, 11) is 0. The van der Waals surface area contributed by atoms with Gasteiger partial charge < -0.3 is 15.5 Å². The molecule has 0 spiro atoms. The van der Waals surface area contributed by atoms with E-state index in [9.17, 15) is 0 Å². The lowest BCUT2D eigenvalue weighted by atomic mass is 10.2. The van der Waals surface area contributed by atoms with Crippen LogP contribution in [0.3, 0.4) is 0 Å². The van der Waals surface area contributed by atoms with Gasteiger partial charge in [0.05, 0.1) is 11.6 Å². The van der Waals surface area contributed by atoms with Crippen molar-refractivity contribution in [2.45, 2.75) is 52.5 Å². The zero-order chi connectivity index (χ0) is 16.3. The standard InChI is InChI=1S/C17H31N5S.HI/c1-3-18-17(21-14-16-13-20-15(2)23-16)19-9-8-12-22-10-6-4-5-7-11-22;/h13H,3-12,14H2,1-2H3,(H2,18,19,21);1H. The predicted molar refractivity (Wildman–Crippen MR) is 115 cm³/mol. The van der Waals surface area contributed by atoms with Crippen LogP contribution in [0.5, 0.6) is 0 Å². The Morgan fingerprint density at radius 3 is 2.62 bits per heavy atom. The van der Waals surface area contributed by atoms with E-state index in [-0.39, 0.29) is 24.0 Å². The Labute approximate surface area is 167 Å². The summed E-state index contributed by atoms with van der Waals surface area (Å²) in [6.07, 6.45) is 8.64. The molecule has 0 saturated carbocycles. The lowest BCUT2D eigenvalue weighted by Crippen LogP contribution is -2.38. The fraction of sp³-hybridized carbons (Fsp3) is 0.765. The van der Waals surface area contributed by atoms with Gasteiger partial charge in [-0.25, -0.2) is 9.98 Å². The number of thiazole rings is 1. The maximum atomic E-state index is 4.65. The maximum absolute atomic E-state index is 4.65. The molecule has 1 fully saturated rings. The number of guanidine groups is 1. The van der Waals surface area contributed by atoms with Gasteiger partial charge in [0, 0.05) is 24.2 Å². The second-order valence-electron chi connectivity index (χ2n) is 6.08. The Bertz CT molecular complexity index is 469. The van der Waals surface area contributed by atoms with Crippen molar-refractivity contribution in [3.63, 3.8) is 0 Å². The first kappa shape index (κ1) is 21.6. The van der Waals surface area contributed by atoms with Crippen LogP contribution in [0.25, 0.3) is 0 Å². The summed E-state index contributed by atoms with van der Waals surface area (Å²) in [4.78, 5) is 12.7. The van der Waals surface area contributed by atoms with Gasteiger partial charge in [-0.1, -0.05) is 12.8 Å². The van der Waals surface area contributed by atoms with Crippen LogP contribution in [0.4, 0.5) is 0 Å². The summed E-state index contributed by atoms with van der Waals surface area (Å²) in [5.41, 5.74) is 0. The highest BCUT2D eigenvalue weighted by molar-refractivity contribution is 14.0. The third-order valence-corrected chi connectivity index (χ3v) is 4.95. The lowest BCUT2D eigenvalue weighted by Gasteiger charge is -2.20. The molecular weight excluding hydrogens is 433 g/mol. The van der Waals surface area contributed by atoms with E-state index in [0.717, 1.165) is 24.1 Å². The Balaban J connectivity index is 0.00000288. The first-order chi connectivity index (χ1) is 11.3. The molecule has 2 rings (SSSR count). The molecule has 1 aliphatic rings. The van der Waals surface area contributed by atoms with Crippen LogP contribution in [0.15, 0.2) is 11.2 Å². The SMILES string of the molecule is CCNC(=NCc1cnc(C)s1)NCCCN1CCCCCC1.I. The van der Waals surface area contributed by atoms with Crippen molar-refractivity contribution in [2.24, 2.45) is 4.99 Å². The molecule has 5 nitrogen and oxygen atoms in total. The molecule has 1 saturated heterocycles. The highest BCUT2D eigenvalue weighted by Crippen LogP contribution is 2.12. The summed E-state index contributed by atoms with van der Waals surface area (Å²) >= 11 is 1.72. The van der Waals surface area contributed by atoms with Crippen LogP contribution >= 0.6 is 35.3 Å². The Morgan fingerprint density at radius 2 is 2.00 bits per heavy atom. The molecule has 0 aliphatic carbocycles. The lowest BCUT2D eigenvalue weighted by molar-refractivity contribution is 0.282. The summed E-state index contributed by atoms with van der Waals surface area (Å²) in [5.74, 6) is 0.911. The minimum absolute atomic E-state index is 0. The second-order valence-corrected chi connectivity index (χ2v) is 7.40. The number of aryl methyl sites for hydroxylation is 1. The summed E-state index contributed by atoms with van der Waals surface area (Å²) in [6.45, 7) is 10.4. The van der Waals surface area contributed by atoms with Crippen molar-refractivity contribution in [3.8, 4) is 0 Å². The van der Waals surface area contributed by atoms with E-state index in [1.165, 1.54) is 56.6 Å². The zero-order valence-corrected chi connectivity index (χ0v) is 18.2. The van der Waals surface area contributed by atoms with Crippen molar-refractivity contribution >= 4 is 41.3 Å². The van der Waals surface area contributed by atoms with Crippen molar-refractivity contribution in [1.29, 1.82) is 0 Å². The van der Waals surface area contributed by atoms with Crippen LogP contribution in [-0.2, 0) is 6.54 Å². The van der Waals surface area contributed by atoms with E-state index in [1.54, 1.807) is 11.3 Å². The molecule has 2 heterocycles. The predicted octanol–water partition coefficient (Wildman–Crippen LogP) is 3.39. The fourth-order valence-electron chi connectivity index (χ4n) is 2.85. The monoisotopic (exact) mass is 465 g/mol. The van der Waals surface area contributed by atoms with Crippen molar-refractivity contribution in [1.82, 2.24) is 20.5 Å². The third kappa shape index (κ3) is 8.62. The van der Waals surface area contributed by atoms with Crippen molar-refractivity contribution in [2.75, 3.05) is 32.7 Å². The van der Waals surface area contributed by atoms with Gasteiger partial charge in [0.2, 0.25) is 0 Å². The molecule has 0 atom stereocenters. The van der Waals surface area contributed by atoms with E-state index in [0.29, 0.717) is 6.54 Å². The first-order valence-corrected chi connectivity index (χ1v) is 9.75. The minimum atomic E-state index is 0. The number of aliphatic imine (C=N–C) groups is 1. The van der Waals surface area contributed by atoms with Gasteiger partial charge in [-0.15, -0.1) is 35.3 Å². The smallest absolute Gasteiger partial charge is 0.191 e. The number of aromatic nitrogens is 1. The molecule has 0 aromatic carbocycles. The Morgan fingerprint density at radius 1 is 1.25 bits per heavy atom. The number of nitrogens with zero attached hydrogens (tertiary/aromatic N) is 3. The highest BCUT2D eigenvalue weighted by Gasteiger charge is 2.08. The quantitative estimate of drug-likeness (QED) is 0.281. The van der Waals surface area contributed by atoms with E-state index in [1.807, 2.05) is 13.1 Å². The van der Waals surface area contributed by atoms with Crippen LogP contribution in [0.1, 0.15) is 48.9 Å². The van der Waals surface area contributed by atoms with E-state index in [2.05, 4.69) is 32.4 Å². The van der Waals surface area contributed by atoms with E-state index in [4.69, 9.17) is 0 Å². The topological polar surface area (TPSA) is 52.6 Å². The molecule has 2 N–H and O–H groups in total. The van der Waals surface area contributed by atoms with Gasteiger partial charge in [0.25, 0.3) is 0 Å². The van der Waals surface area contributed by atoms with E-state index < -0.39 is 0 Å². The van der Waals surface area contributed by atoms with Crippen LogP contribution in [0, 0.1) is 6.92 Å². The average molecular weight is 465 g/mol. The maximum Gasteiger partial charge on any atom is 0.191 e. The van der Waals surface area contributed by atoms with Crippen LogP contribution < -0.4 is 10.6 Å². The second kappa shape index (κ2) is 12.9. The van der Waals surface area contributed by atoms with Gasteiger partial charge in [-0.2, -0.15) is 0 Å². The highest BCUT2D eigenvalue weighted by atomic mass is 127. The van der Waals surface area contributed by atoms with Crippen LogP contribution in [-0.4, -0.2) is 48.6 Å². The molecule has 0 amide bonds.